The molecule has 21 heavy (non-hydrogen) atoms. The van der Waals surface area contributed by atoms with Gasteiger partial charge in [0.15, 0.2) is 0 Å². The van der Waals surface area contributed by atoms with Crippen molar-refractivity contribution in [2.75, 3.05) is 11.9 Å². The van der Waals surface area contributed by atoms with Crippen molar-refractivity contribution in [2.45, 2.75) is 20.0 Å². The number of ether oxygens (including phenoxy) is 1. The first-order valence-electron chi connectivity index (χ1n) is 6.56. The zero-order chi connectivity index (χ0) is 15.2. The van der Waals surface area contributed by atoms with Crippen LogP contribution in [0, 0.1) is 0 Å². The van der Waals surface area contributed by atoms with Crippen molar-refractivity contribution in [2.24, 2.45) is 0 Å². The minimum absolute atomic E-state index is 0.376. The predicted molar refractivity (Wildman–Crippen MR) is 88.8 cm³/mol. The molecule has 0 radical (unpaired) electrons. The number of aromatic nitrogens is 1. The maximum absolute atomic E-state index is 6.07. The van der Waals surface area contributed by atoms with Gasteiger partial charge in [-0.2, -0.15) is 0 Å². The van der Waals surface area contributed by atoms with Crippen LogP contribution in [-0.4, -0.2) is 11.5 Å². The quantitative estimate of drug-likeness (QED) is 0.708. The van der Waals surface area contributed by atoms with Crippen molar-refractivity contribution in [1.29, 1.82) is 0 Å². The molecule has 0 aliphatic rings. The van der Waals surface area contributed by atoms with E-state index in [-0.39, 0.29) is 0 Å². The summed E-state index contributed by atoms with van der Waals surface area (Å²) in [5, 5.41) is 4.48. The normalized spacial score (nSPS) is 10.5. The van der Waals surface area contributed by atoms with Crippen LogP contribution in [0.1, 0.15) is 18.9 Å². The second-order valence-electron chi connectivity index (χ2n) is 4.46. The maximum atomic E-state index is 6.07. The molecular formula is C15H15Cl3N2O. The number of rotatable bonds is 6. The number of nitrogens with one attached hydrogen (secondary N) is 1. The fraction of sp³-hybridized carbons (Fsp3) is 0.267. The highest BCUT2D eigenvalue weighted by Crippen LogP contribution is 2.34. The van der Waals surface area contributed by atoms with Crippen LogP contribution in [0.2, 0.25) is 15.1 Å². The molecule has 6 heteroatoms. The first-order chi connectivity index (χ1) is 10.1. The molecule has 0 amide bonds. The number of anilines is 1. The molecule has 1 aromatic heterocycles. The molecule has 1 heterocycles. The van der Waals surface area contributed by atoms with Gasteiger partial charge in [-0.1, -0.05) is 41.7 Å². The second kappa shape index (κ2) is 7.74. The Balaban J connectivity index is 2.04. The lowest BCUT2D eigenvalue weighted by Crippen LogP contribution is -2.03. The Morgan fingerprint density at radius 3 is 2.62 bits per heavy atom. The molecule has 1 N–H and O–H groups in total. The van der Waals surface area contributed by atoms with Crippen molar-refractivity contribution < 1.29 is 4.74 Å². The highest BCUT2D eigenvalue weighted by Gasteiger charge is 2.07. The minimum Gasteiger partial charge on any atom is -0.487 e. The summed E-state index contributed by atoms with van der Waals surface area (Å²) in [7, 11) is 0. The van der Waals surface area contributed by atoms with Gasteiger partial charge in [0.1, 0.15) is 18.2 Å². The lowest BCUT2D eigenvalue weighted by molar-refractivity contribution is 0.306. The maximum Gasteiger partial charge on any atom is 0.139 e. The van der Waals surface area contributed by atoms with Crippen molar-refractivity contribution in [3.63, 3.8) is 0 Å². The Labute approximate surface area is 139 Å². The van der Waals surface area contributed by atoms with E-state index in [4.69, 9.17) is 39.5 Å². The first-order valence-corrected chi connectivity index (χ1v) is 7.69. The molecule has 0 aliphatic carbocycles. The lowest BCUT2D eigenvalue weighted by atomic mass is 10.2. The van der Waals surface area contributed by atoms with Crippen LogP contribution in [-0.2, 0) is 6.61 Å². The van der Waals surface area contributed by atoms with E-state index in [1.54, 1.807) is 18.3 Å². The van der Waals surface area contributed by atoms with Crippen LogP contribution in [0.15, 0.2) is 30.5 Å². The standard InChI is InChI=1S/C15H15Cl3N2O/c1-2-4-19-15-6-10(3-5-20-15)9-21-14-8-12(17)11(16)7-13(14)18/h3,5-8H,2,4,9H2,1H3,(H,19,20). The molecule has 0 saturated heterocycles. The SMILES string of the molecule is CCCNc1cc(COc2cc(Cl)c(Cl)cc2Cl)ccn1. The summed E-state index contributed by atoms with van der Waals surface area (Å²) in [6, 6.07) is 7.02. The molecule has 112 valence electrons. The van der Waals surface area contributed by atoms with Gasteiger partial charge in [-0.25, -0.2) is 4.98 Å². The third-order valence-electron chi connectivity index (χ3n) is 2.75. The van der Waals surface area contributed by atoms with Gasteiger partial charge < -0.3 is 10.1 Å². The summed E-state index contributed by atoms with van der Waals surface area (Å²) in [4.78, 5) is 4.24. The zero-order valence-corrected chi connectivity index (χ0v) is 13.8. The van der Waals surface area contributed by atoms with E-state index in [0.29, 0.717) is 27.4 Å². The van der Waals surface area contributed by atoms with Gasteiger partial charge in [0.25, 0.3) is 0 Å². The van der Waals surface area contributed by atoms with Gasteiger partial charge in [0.05, 0.1) is 15.1 Å². The number of hydrogen-bond acceptors (Lipinski definition) is 3. The molecule has 0 bridgehead atoms. The average Bonchev–Trinajstić information content (AvgIpc) is 2.48. The van der Waals surface area contributed by atoms with Crippen molar-refractivity contribution in [3.8, 4) is 5.75 Å². The van der Waals surface area contributed by atoms with Crippen LogP contribution >= 0.6 is 34.8 Å². The van der Waals surface area contributed by atoms with E-state index in [1.807, 2.05) is 12.1 Å². The largest absolute Gasteiger partial charge is 0.487 e. The van der Waals surface area contributed by atoms with Crippen LogP contribution in [0.5, 0.6) is 5.75 Å². The molecule has 0 spiro atoms. The van der Waals surface area contributed by atoms with E-state index in [2.05, 4.69) is 17.2 Å². The monoisotopic (exact) mass is 344 g/mol. The van der Waals surface area contributed by atoms with Gasteiger partial charge >= 0.3 is 0 Å². The fourth-order valence-electron chi connectivity index (χ4n) is 1.69. The van der Waals surface area contributed by atoms with Gasteiger partial charge in [0.2, 0.25) is 0 Å². The van der Waals surface area contributed by atoms with Crippen molar-refractivity contribution in [1.82, 2.24) is 4.98 Å². The summed E-state index contributed by atoms with van der Waals surface area (Å²) in [6.45, 7) is 3.36. The molecule has 0 atom stereocenters. The van der Waals surface area contributed by atoms with Gasteiger partial charge in [-0.3, -0.25) is 0 Å². The Morgan fingerprint density at radius 2 is 1.86 bits per heavy atom. The minimum atomic E-state index is 0.376. The lowest BCUT2D eigenvalue weighted by Gasteiger charge is -2.10. The van der Waals surface area contributed by atoms with E-state index >= 15 is 0 Å². The summed E-state index contributed by atoms with van der Waals surface area (Å²) < 4.78 is 5.69. The average molecular weight is 346 g/mol. The van der Waals surface area contributed by atoms with Crippen LogP contribution in [0.25, 0.3) is 0 Å². The van der Waals surface area contributed by atoms with Crippen LogP contribution < -0.4 is 10.1 Å². The van der Waals surface area contributed by atoms with E-state index in [1.165, 1.54) is 0 Å². The Morgan fingerprint density at radius 1 is 1.10 bits per heavy atom. The van der Waals surface area contributed by atoms with Crippen molar-refractivity contribution >= 4 is 40.6 Å². The smallest absolute Gasteiger partial charge is 0.139 e. The molecule has 0 saturated carbocycles. The first kappa shape index (κ1) is 16.2. The molecule has 2 aromatic rings. The van der Waals surface area contributed by atoms with E-state index in [9.17, 15) is 0 Å². The second-order valence-corrected chi connectivity index (χ2v) is 5.68. The van der Waals surface area contributed by atoms with Gasteiger partial charge in [-0.05, 0) is 30.2 Å². The van der Waals surface area contributed by atoms with E-state index < -0.39 is 0 Å². The molecule has 0 fully saturated rings. The number of hydrogen-bond donors (Lipinski definition) is 1. The van der Waals surface area contributed by atoms with E-state index in [0.717, 1.165) is 24.3 Å². The summed E-state index contributed by atoms with van der Waals surface area (Å²) in [5.41, 5.74) is 0.991. The Hall–Kier alpha value is -1.16. The molecule has 0 aliphatic heterocycles. The third kappa shape index (κ3) is 4.67. The van der Waals surface area contributed by atoms with Crippen LogP contribution in [0.4, 0.5) is 5.82 Å². The molecular weight excluding hydrogens is 331 g/mol. The Kier molecular flexibility index (Phi) is 5.97. The molecule has 0 unspecified atom stereocenters. The third-order valence-corrected chi connectivity index (χ3v) is 3.77. The zero-order valence-electron chi connectivity index (χ0n) is 11.5. The topological polar surface area (TPSA) is 34.1 Å². The van der Waals surface area contributed by atoms with Crippen LogP contribution in [0.3, 0.4) is 0 Å². The summed E-state index contributed by atoms with van der Waals surface area (Å²) >= 11 is 17.9. The molecule has 1 aromatic carbocycles. The highest BCUT2D eigenvalue weighted by atomic mass is 35.5. The predicted octanol–water partition coefficient (Wildman–Crippen LogP) is 5.44. The van der Waals surface area contributed by atoms with Gasteiger partial charge in [0, 0.05) is 18.8 Å². The number of pyridine rings is 1. The molecule has 3 nitrogen and oxygen atoms in total. The summed E-state index contributed by atoms with van der Waals surface area (Å²) in [6.07, 6.45) is 2.79. The number of nitrogens with zero attached hydrogens (tertiary/aromatic N) is 1. The fourth-order valence-corrected chi connectivity index (χ4v) is 2.28. The summed E-state index contributed by atoms with van der Waals surface area (Å²) in [5.74, 6) is 1.34. The van der Waals surface area contributed by atoms with Gasteiger partial charge in [-0.15, -0.1) is 0 Å². The van der Waals surface area contributed by atoms with Crippen molar-refractivity contribution in [3.05, 3.63) is 51.1 Å². The number of benzene rings is 1. The molecule has 2 rings (SSSR count). The highest BCUT2D eigenvalue weighted by molar-refractivity contribution is 6.43. The Bertz CT molecular complexity index is 620. The number of halogens is 3.